The van der Waals surface area contributed by atoms with Crippen molar-refractivity contribution in [1.82, 2.24) is 9.80 Å². The molecule has 4 N–H and O–H groups in total. The lowest BCUT2D eigenvalue weighted by molar-refractivity contribution is -0.181. The number of nitrogens with zero attached hydrogens (tertiary/aromatic N) is 2. The normalized spacial score (nSPS) is 23.3. The zero-order valence-corrected chi connectivity index (χ0v) is 46.8. The van der Waals surface area contributed by atoms with E-state index in [4.69, 9.17) is 67.3 Å². The molecule has 2 saturated carbocycles. The van der Waals surface area contributed by atoms with Crippen molar-refractivity contribution in [2.75, 3.05) is 11.5 Å². The van der Waals surface area contributed by atoms with E-state index in [1.807, 2.05) is 36.4 Å². The lowest BCUT2D eigenvalue weighted by Crippen LogP contribution is -2.58. The number of carbonyl (C=O) groups excluding carboxylic acids is 4. The van der Waals surface area contributed by atoms with E-state index >= 15 is 0 Å². The summed E-state index contributed by atoms with van der Waals surface area (Å²) >= 11 is 25.0. The minimum absolute atomic E-state index is 0. The molecule has 0 unspecified atom stereocenters. The molecule has 8 atom stereocenters. The van der Waals surface area contributed by atoms with Crippen molar-refractivity contribution in [1.29, 1.82) is 0 Å². The quantitative estimate of drug-likeness (QED) is 0.108. The van der Waals surface area contributed by atoms with Crippen molar-refractivity contribution in [3.05, 3.63) is 139 Å². The van der Waals surface area contributed by atoms with E-state index in [1.54, 1.807) is 112 Å². The third-order valence-electron chi connectivity index (χ3n) is 14.1. The Kier molecular flexibility index (Phi) is 19.0. The molecule has 0 bridgehead atoms. The maximum Gasteiger partial charge on any atom is 0.253 e. The summed E-state index contributed by atoms with van der Waals surface area (Å²) in [7, 11) is -7.17. The fourth-order valence-corrected chi connectivity index (χ4v) is 13.0. The molecule has 4 aliphatic rings. The van der Waals surface area contributed by atoms with Crippen LogP contribution in [0.1, 0.15) is 134 Å². The van der Waals surface area contributed by atoms with Crippen LogP contribution in [-0.2, 0) is 48.3 Å². The van der Waals surface area contributed by atoms with Gasteiger partial charge in [0.05, 0.1) is 45.9 Å². The SMILES string of the molecule is C.CC(C)(C)S(=O)(=O)C[C@H](C1CC1)N1C(=O)[C@@H](CC(N)=O)O[C@H](c2cccc(Cl)c2)[C@H]1c1ccc(Cl)cc1.CC(C)(C)S(=O)(=O)C[C@H](C1CC1)N1C(=O)[C@H](CC(N)=O)O[C@H](c2cccc(Cl)c2)[C@H]1c1ccc(Cl)cc1. The van der Waals surface area contributed by atoms with E-state index < -0.39 is 101 Å². The van der Waals surface area contributed by atoms with Crippen LogP contribution in [0.4, 0.5) is 0 Å². The number of ether oxygens (including phenoxy) is 2. The molecular weight excluding hydrogens is 1080 g/mol. The number of primary amides is 2. The van der Waals surface area contributed by atoms with Crippen molar-refractivity contribution in [2.45, 2.75) is 146 Å². The van der Waals surface area contributed by atoms with Gasteiger partial charge in [0, 0.05) is 32.2 Å². The van der Waals surface area contributed by atoms with Crippen molar-refractivity contribution in [3.8, 4) is 0 Å². The monoisotopic (exact) mass is 1150 g/mol. The van der Waals surface area contributed by atoms with Crippen molar-refractivity contribution in [3.63, 3.8) is 0 Å². The van der Waals surface area contributed by atoms with Crippen LogP contribution in [-0.4, -0.2) is 95.6 Å². The number of hydrogen-bond donors (Lipinski definition) is 2. The smallest absolute Gasteiger partial charge is 0.253 e. The molecule has 14 nitrogen and oxygen atoms in total. The highest BCUT2D eigenvalue weighted by Crippen LogP contribution is 2.50. The van der Waals surface area contributed by atoms with Gasteiger partial charge in [0.15, 0.2) is 19.7 Å². The summed E-state index contributed by atoms with van der Waals surface area (Å²) in [5, 5.41) is 2.02. The molecular formula is C55H68Cl4N4O10S2. The van der Waals surface area contributed by atoms with Gasteiger partial charge in [-0.2, -0.15) is 0 Å². The summed E-state index contributed by atoms with van der Waals surface area (Å²) in [6.45, 7) is 9.97. The van der Waals surface area contributed by atoms with Crippen LogP contribution in [0.5, 0.6) is 0 Å². The van der Waals surface area contributed by atoms with Gasteiger partial charge in [-0.15, -0.1) is 0 Å². The number of benzene rings is 4. The minimum atomic E-state index is -3.58. The molecule has 8 rings (SSSR count). The Morgan fingerprint density at radius 2 is 0.867 bits per heavy atom. The second-order valence-corrected chi connectivity index (χ2v) is 28.9. The lowest BCUT2D eigenvalue weighted by atomic mass is 9.89. The molecule has 2 aliphatic heterocycles. The van der Waals surface area contributed by atoms with Crippen LogP contribution in [0.2, 0.25) is 20.1 Å². The summed E-state index contributed by atoms with van der Waals surface area (Å²) in [5.74, 6) is -2.61. The Morgan fingerprint density at radius 3 is 1.13 bits per heavy atom. The third kappa shape index (κ3) is 14.3. The summed E-state index contributed by atoms with van der Waals surface area (Å²) in [4.78, 5) is 55.2. The molecule has 2 aliphatic carbocycles. The van der Waals surface area contributed by atoms with E-state index in [1.165, 1.54) is 0 Å². The summed E-state index contributed by atoms with van der Waals surface area (Å²) in [5.41, 5.74) is 13.8. The van der Waals surface area contributed by atoms with E-state index in [-0.39, 0.29) is 43.6 Å². The van der Waals surface area contributed by atoms with Gasteiger partial charge in [0.25, 0.3) is 11.8 Å². The zero-order chi connectivity index (χ0) is 54.2. The molecule has 20 heteroatoms. The first-order valence-electron chi connectivity index (χ1n) is 24.5. The molecule has 0 radical (unpaired) electrons. The Labute approximate surface area is 461 Å². The predicted molar refractivity (Wildman–Crippen MR) is 295 cm³/mol. The van der Waals surface area contributed by atoms with E-state index in [2.05, 4.69) is 0 Å². The maximum atomic E-state index is 14.0. The van der Waals surface area contributed by atoms with Gasteiger partial charge in [-0.25, -0.2) is 16.8 Å². The maximum absolute atomic E-state index is 14.0. The van der Waals surface area contributed by atoms with Gasteiger partial charge in [-0.3, -0.25) is 19.2 Å². The van der Waals surface area contributed by atoms with Crippen molar-refractivity contribution < 1.29 is 45.5 Å². The van der Waals surface area contributed by atoms with E-state index in [0.29, 0.717) is 31.2 Å². The number of amides is 4. The fraction of sp³-hybridized carbons (Fsp3) is 0.491. The molecule has 2 saturated heterocycles. The summed E-state index contributed by atoms with van der Waals surface area (Å²) in [6, 6.07) is 25.8. The highest BCUT2D eigenvalue weighted by Gasteiger charge is 2.54. The van der Waals surface area contributed by atoms with Crippen LogP contribution < -0.4 is 11.5 Å². The number of nitrogens with two attached hydrogens (primary N) is 2. The number of halogens is 4. The van der Waals surface area contributed by atoms with Crippen LogP contribution in [0.3, 0.4) is 0 Å². The van der Waals surface area contributed by atoms with Gasteiger partial charge in [-0.1, -0.05) is 102 Å². The Balaban J connectivity index is 0.000000241. The summed E-state index contributed by atoms with van der Waals surface area (Å²) in [6.07, 6.45) is -1.13. The second-order valence-electron chi connectivity index (χ2n) is 21.6. The Hall–Kier alpha value is -4.26. The molecule has 0 aromatic heterocycles. The summed E-state index contributed by atoms with van der Waals surface area (Å²) < 4.78 is 64.2. The molecule has 75 heavy (non-hydrogen) atoms. The van der Waals surface area contributed by atoms with Crippen LogP contribution in [0.25, 0.3) is 0 Å². The standard InChI is InChI=1S/2C27H32Cl2N2O5S.CH4/c2*1-27(2,3)37(34,35)15-21(16-7-8-16)31-24(17-9-11-19(28)12-10-17)25(18-5-4-6-20(29)13-18)36-22(26(31)33)14-23(30)32;/h2*4-6,9-13,16,21-22,24-25H,7-8,14-15H2,1-3H3,(H2,30,32);1H4/t21-,22+,24-,25-;21-,22-,24-,25-;/m11./s1. The number of sulfone groups is 2. The van der Waals surface area contributed by atoms with Gasteiger partial charge in [0.1, 0.15) is 24.4 Å². The number of carbonyl (C=O) groups is 4. The van der Waals surface area contributed by atoms with Gasteiger partial charge in [0.2, 0.25) is 11.8 Å². The molecule has 2 heterocycles. The first kappa shape index (κ1) is 60.0. The third-order valence-corrected chi connectivity index (χ3v) is 20.4. The Bertz CT molecular complexity index is 2740. The average molecular weight is 1150 g/mol. The number of hydrogen-bond acceptors (Lipinski definition) is 10. The highest BCUT2D eigenvalue weighted by atomic mass is 35.5. The van der Waals surface area contributed by atoms with Gasteiger partial charge in [-0.05, 0) is 150 Å². The number of rotatable bonds is 16. The number of morpholine rings is 2. The lowest BCUT2D eigenvalue weighted by Gasteiger charge is -2.48. The molecule has 408 valence electrons. The molecule has 4 aromatic rings. The van der Waals surface area contributed by atoms with Crippen LogP contribution in [0.15, 0.2) is 97.1 Å². The Morgan fingerprint density at radius 1 is 0.547 bits per heavy atom. The van der Waals surface area contributed by atoms with E-state index in [9.17, 15) is 36.0 Å². The van der Waals surface area contributed by atoms with Crippen LogP contribution >= 0.6 is 46.4 Å². The average Bonchev–Trinajstić information content (AvgIpc) is 4.24. The second kappa shape index (κ2) is 23.8. The minimum Gasteiger partial charge on any atom is -0.370 e. The topological polar surface area (TPSA) is 214 Å². The first-order chi connectivity index (χ1) is 34.6. The fourth-order valence-electron chi connectivity index (χ4n) is 9.57. The largest absolute Gasteiger partial charge is 0.370 e. The van der Waals surface area contributed by atoms with Crippen molar-refractivity contribution in [2.24, 2.45) is 23.3 Å². The molecule has 4 fully saturated rings. The van der Waals surface area contributed by atoms with Crippen molar-refractivity contribution >= 4 is 89.7 Å². The van der Waals surface area contributed by atoms with Gasteiger partial charge >= 0.3 is 0 Å². The molecule has 4 aromatic carbocycles. The highest BCUT2D eigenvalue weighted by molar-refractivity contribution is 7.93. The van der Waals surface area contributed by atoms with E-state index in [0.717, 1.165) is 36.8 Å². The zero-order valence-electron chi connectivity index (χ0n) is 42.1. The molecule has 0 spiro atoms. The first-order valence-corrected chi connectivity index (χ1v) is 29.4. The molecule has 4 amide bonds. The predicted octanol–water partition coefficient (Wildman–Crippen LogP) is 10.4. The van der Waals surface area contributed by atoms with Crippen LogP contribution in [0, 0.1) is 11.8 Å². The van der Waals surface area contributed by atoms with Gasteiger partial charge < -0.3 is 30.7 Å².